The van der Waals surface area contributed by atoms with Crippen LogP contribution in [-0.4, -0.2) is 21.7 Å². The van der Waals surface area contributed by atoms with Gasteiger partial charge < -0.3 is 10.2 Å². The molecule has 0 aliphatic rings. The Bertz CT molecular complexity index is 837. The van der Waals surface area contributed by atoms with Gasteiger partial charge in [-0.25, -0.2) is 0 Å². The third kappa shape index (κ3) is 3.89. The first kappa shape index (κ1) is 16.4. The number of nitrogens with zero attached hydrogens (tertiary/aromatic N) is 4. The Labute approximate surface area is 149 Å². The number of anilines is 4. The first-order valence-corrected chi connectivity index (χ1v) is 8.51. The number of halogens is 1. The van der Waals surface area contributed by atoms with Crippen molar-refractivity contribution in [2.75, 3.05) is 16.8 Å². The maximum Gasteiger partial charge on any atom is 0.251 e. The summed E-state index contributed by atoms with van der Waals surface area (Å²) in [6, 6.07) is 16.2. The lowest BCUT2D eigenvalue weighted by atomic mass is 10.2. The van der Waals surface area contributed by atoms with Crippen LogP contribution in [0.1, 0.15) is 12.5 Å². The van der Waals surface area contributed by atoms with Crippen molar-refractivity contribution in [3.05, 3.63) is 64.8 Å². The Balaban J connectivity index is 1.88. The SMILES string of the molecule is CCN(c1cccc(C)c1)c1nncc(Nc2cccc(Br)c2)n1. The van der Waals surface area contributed by atoms with Gasteiger partial charge in [-0.2, -0.15) is 10.1 Å². The fraction of sp³-hybridized carbons (Fsp3) is 0.167. The number of benzene rings is 2. The first-order chi connectivity index (χ1) is 11.7. The van der Waals surface area contributed by atoms with Crippen LogP contribution < -0.4 is 10.2 Å². The number of hydrogen-bond donors (Lipinski definition) is 1. The maximum absolute atomic E-state index is 4.60. The second-order valence-corrected chi connectivity index (χ2v) is 6.28. The molecular weight excluding hydrogens is 366 g/mol. The molecule has 122 valence electrons. The minimum absolute atomic E-state index is 0.572. The molecule has 0 amide bonds. The molecule has 0 aliphatic carbocycles. The van der Waals surface area contributed by atoms with Gasteiger partial charge in [-0.05, 0) is 49.7 Å². The third-order valence-electron chi connectivity index (χ3n) is 3.52. The number of aryl methyl sites for hydroxylation is 1. The molecule has 6 heteroatoms. The van der Waals surface area contributed by atoms with Crippen molar-refractivity contribution in [1.82, 2.24) is 15.2 Å². The van der Waals surface area contributed by atoms with Crippen molar-refractivity contribution in [3.63, 3.8) is 0 Å². The number of aromatic nitrogens is 3. The Morgan fingerprint density at radius 1 is 1.12 bits per heavy atom. The molecule has 0 unspecified atom stereocenters. The summed E-state index contributed by atoms with van der Waals surface area (Å²) in [6.07, 6.45) is 1.62. The molecule has 0 saturated heterocycles. The quantitative estimate of drug-likeness (QED) is 0.682. The van der Waals surface area contributed by atoms with E-state index in [1.165, 1.54) is 5.56 Å². The Morgan fingerprint density at radius 2 is 1.96 bits per heavy atom. The molecule has 1 aromatic heterocycles. The summed E-state index contributed by atoms with van der Waals surface area (Å²) < 4.78 is 1.00. The minimum atomic E-state index is 0.572. The van der Waals surface area contributed by atoms with Gasteiger partial charge in [0, 0.05) is 22.4 Å². The van der Waals surface area contributed by atoms with E-state index in [0.29, 0.717) is 11.8 Å². The van der Waals surface area contributed by atoms with Gasteiger partial charge in [0.1, 0.15) is 0 Å². The van der Waals surface area contributed by atoms with E-state index >= 15 is 0 Å². The smallest absolute Gasteiger partial charge is 0.251 e. The molecule has 0 spiro atoms. The van der Waals surface area contributed by atoms with Gasteiger partial charge in [-0.3, -0.25) is 0 Å². The highest BCUT2D eigenvalue weighted by Crippen LogP contribution is 2.24. The predicted molar refractivity (Wildman–Crippen MR) is 101 cm³/mol. The van der Waals surface area contributed by atoms with E-state index in [1.54, 1.807) is 6.20 Å². The largest absolute Gasteiger partial charge is 0.339 e. The van der Waals surface area contributed by atoms with E-state index in [4.69, 9.17) is 0 Å². The second kappa shape index (κ2) is 7.40. The van der Waals surface area contributed by atoms with Crippen molar-refractivity contribution < 1.29 is 0 Å². The highest BCUT2D eigenvalue weighted by Gasteiger charge is 2.12. The summed E-state index contributed by atoms with van der Waals surface area (Å²) in [4.78, 5) is 6.63. The van der Waals surface area contributed by atoms with Gasteiger partial charge in [-0.15, -0.1) is 5.10 Å². The molecule has 3 rings (SSSR count). The molecule has 0 aliphatic heterocycles. The zero-order valence-electron chi connectivity index (χ0n) is 13.6. The van der Waals surface area contributed by atoms with Gasteiger partial charge in [0.05, 0.1) is 6.20 Å². The zero-order valence-corrected chi connectivity index (χ0v) is 15.2. The molecular formula is C18H18BrN5. The number of rotatable bonds is 5. The molecule has 5 nitrogen and oxygen atoms in total. The summed E-state index contributed by atoms with van der Waals surface area (Å²) in [5, 5.41) is 11.5. The van der Waals surface area contributed by atoms with E-state index in [2.05, 4.69) is 62.4 Å². The molecule has 24 heavy (non-hydrogen) atoms. The molecule has 3 aromatic rings. The van der Waals surface area contributed by atoms with Gasteiger partial charge in [0.15, 0.2) is 5.82 Å². The second-order valence-electron chi connectivity index (χ2n) is 5.36. The van der Waals surface area contributed by atoms with Gasteiger partial charge >= 0.3 is 0 Å². The van der Waals surface area contributed by atoms with Crippen LogP contribution in [0.5, 0.6) is 0 Å². The van der Waals surface area contributed by atoms with E-state index in [1.807, 2.05) is 41.3 Å². The fourth-order valence-electron chi connectivity index (χ4n) is 2.42. The summed E-state index contributed by atoms with van der Waals surface area (Å²) >= 11 is 3.47. The minimum Gasteiger partial charge on any atom is -0.339 e. The molecule has 1 heterocycles. The van der Waals surface area contributed by atoms with Crippen LogP contribution in [0.25, 0.3) is 0 Å². The summed E-state index contributed by atoms with van der Waals surface area (Å²) in [5.41, 5.74) is 3.19. The molecule has 0 radical (unpaired) electrons. The number of hydrogen-bond acceptors (Lipinski definition) is 5. The molecule has 0 fully saturated rings. The van der Waals surface area contributed by atoms with Crippen LogP contribution in [0.3, 0.4) is 0 Å². The van der Waals surface area contributed by atoms with E-state index in [-0.39, 0.29) is 0 Å². The van der Waals surface area contributed by atoms with E-state index in [9.17, 15) is 0 Å². The number of nitrogens with one attached hydrogen (secondary N) is 1. The molecule has 1 N–H and O–H groups in total. The zero-order chi connectivity index (χ0) is 16.9. The normalized spacial score (nSPS) is 10.5. The maximum atomic E-state index is 4.60. The van der Waals surface area contributed by atoms with Crippen LogP contribution in [0.15, 0.2) is 59.2 Å². The van der Waals surface area contributed by atoms with Crippen LogP contribution >= 0.6 is 15.9 Å². The molecule has 0 saturated carbocycles. The standard InChI is InChI=1S/C18H18BrN5/c1-3-24(16-9-4-6-13(2)10-16)18-22-17(12-20-23-18)21-15-8-5-7-14(19)11-15/h4-12H,3H2,1-2H3,(H,21,22,23). The van der Waals surface area contributed by atoms with Crippen molar-refractivity contribution >= 4 is 39.1 Å². The molecule has 0 atom stereocenters. The van der Waals surface area contributed by atoms with Crippen LogP contribution in [0, 0.1) is 6.92 Å². The monoisotopic (exact) mass is 383 g/mol. The van der Waals surface area contributed by atoms with Crippen molar-refractivity contribution in [2.24, 2.45) is 0 Å². The fourth-order valence-corrected chi connectivity index (χ4v) is 2.82. The topological polar surface area (TPSA) is 53.9 Å². The van der Waals surface area contributed by atoms with Gasteiger partial charge in [-0.1, -0.05) is 34.1 Å². The Hall–Kier alpha value is -2.47. The van der Waals surface area contributed by atoms with E-state index in [0.717, 1.165) is 22.4 Å². The highest BCUT2D eigenvalue weighted by atomic mass is 79.9. The van der Waals surface area contributed by atoms with Gasteiger partial charge in [0.25, 0.3) is 5.95 Å². The lowest BCUT2D eigenvalue weighted by Gasteiger charge is -2.21. The molecule has 2 aromatic carbocycles. The lowest BCUT2D eigenvalue weighted by Crippen LogP contribution is -2.19. The van der Waals surface area contributed by atoms with Crippen LogP contribution in [-0.2, 0) is 0 Å². The Morgan fingerprint density at radius 3 is 2.71 bits per heavy atom. The van der Waals surface area contributed by atoms with Crippen molar-refractivity contribution in [2.45, 2.75) is 13.8 Å². The predicted octanol–water partition coefficient (Wildman–Crippen LogP) is 4.84. The highest BCUT2D eigenvalue weighted by molar-refractivity contribution is 9.10. The third-order valence-corrected chi connectivity index (χ3v) is 4.01. The first-order valence-electron chi connectivity index (χ1n) is 7.72. The van der Waals surface area contributed by atoms with Gasteiger partial charge in [0.2, 0.25) is 0 Å². The summed E-state index contributed by atoms with van der Waals surface area (Å²) in [7, 11) is 0. The lowest BCUT2D eigenvalue weighted by molar-refractivity contribution is 0.886. The summed E-state index contributed by atoms with van der Waals surface area (Å²) in [5.74, 6) is 1.23. The van der Waals surface area contributed by atoms with Crippen molar-refractivity contribution in [3.8, 4) is 0 Å². The van der Waals surface area contributed by atoms with Crippen molar-refractivity contribution in [1.29, 1.82) is 0 Å². The van der Waals surface area contributed by atoms with Crippen LogP contribution in [0.4, 0.5) is 23.1 Å². The molecule has 0 bridgehead atoms. The van der Waals surface area contributed by atoms with E-state index < -0.39 is 0 Å². The summed E-state index contributed by atoms with van der Waals surface area (Å²) in [6.45, 7) is 4.90. The average Bonchev–Trinajstić information content (AvgIpc) is 2.56. The Kier molecular flexibility index (Phi) is 5.05. The average molecular weight is 384 g/mol. The van der Waals surface area contributed by atoms with Crippen LogP contribution in [0.2, 0.25) is 0 Å².